The standard InChI is InChI=1S/C24H26Cl2FN5O/c1-14(21-18(25)3-4-19(27)22(21)26)33-20-9-15(10-29-23(20)28)16-11-30-32(12-16)13-17-5-6-24(7-8-24)31(17)2/h3-4,9-12,14,17H,5-8,13H2,1-2H3,(H2,28,29)/t14-,17+/m1/s1. The van der Waals surface area contributed by atoms with Gasteiger partial charge in [0.25, 0.3) is 0 Å². The normalized spacial score (nSPS) is 20.3. The minimum absolute atomic E-state index is 0.0659. The predicted octanol–water partition coefficient (Wildman–Crippen LogP) is 5.74. The Hall–Kier alpha value is -2.35. The molecule has 3 aromatic rings. The van der Waals surface area contributed by atoms with Crippen LogP contribution in [-0.4, -0.2) is 38.3 Å². The number of nitrogen functional groups attached to an aromatic ring is 1. The Labute approximate surface area is 202 Å². The van der Waals surface area contributed by atoms with Gasteiger partial charge < -0.3 is 10.5 Å². The number of pyridine rings is 1. The molecular formula is C24H26Cl2FN5O. The van der Waals surface area contributed by atoms with Crippen LogP contribution in [0.2, 0.25) is 10.0 Å². The number of ether oxygens (including phenoxy) is 1. The van der Waals surface area contributed by atoms with Gasteiger partial charge in [-0.2, -0.15) is 5.10 Å². The van der Waals surface area contributed by atoms with Crippen molar-refractivity contribution in [3.05, 3.63) is 58.2 Å². The van der Waals surface area contributed by atoms with Crippen LogP contribution in [0, 0.1) is 5.82 Å². The number of hydrogen-bond acceptors (Lipinski definition) is 5. The largest absolute Gasteiger partial charge is 0.482 e. The van der Waals surface area contributed by atoms with Gasteiger partial charge in [0.2, 0.25) is 0 Å². The van der Waals surface area contributed by atoms with E-state index in [2.05, 4.69) is 22.0 Å². The summed E-state index contributed by atoms with van der Waals surface area (Å²) in [6, 6.07) is 4.99. The molecule has 6 nitrogen and oxygen atoms in total. The van der Waals surface area contributed by atoms with Gasteiger partial charge in [0.15, 0.2) is 11.6 Å². The molecule has 1 aliphatic heterocycles. The van der Waals surface area contributed by atoms with E-state index in [0.29, 0.717) is 27.9 Å². The van der Waals surface area contributed by atoms with Crippen LogP contribution in [0.4, 0.5) is 10.2 Å². The number of halogens is 3. The van der Waals surface area contributed by atoms with E-state index in [1.165, 1.54) is 37.8 Å². The maximum absolute atomic E-state index is 13.9. The van der Waals surface area contributed by atoms with Crippen molar-refractivity contribution in [3.63, 3.8) is 0 Å². The summed E-state index contributed by atoms with van der Waals surface area (Å²) in [4.78, 5) is 6.82. The summed E-state index contributed by atoms with van der Waals surface area (Å²) in [6.07, 6.45) is 10.0. The molecule has 2 N–H and O–H groups in total. The number of benzene rings is 1. The number of hydrogen-bond donors (Lipinski definition) is 1. The van der Waals surface area contributed by atoms with E-state index in [1.807, 2.05) is 23.1 Å². The van der Waals surface area contributed by atoms with Gasteiger partial charge in [-0.25, -0.2) is 9.37 Å². The Morgan fingerprint density at radius 3 is 2.76 bits per heavy atom. The van der Waals surface area contributed by atoms with Crippen LogP contribution < -0.4 is 10.5 Å². The minimum atomic E-state index is -0.629. The molecule has 1 saturated heterocycles. The first-order valence-corrected chi connectivity index (χ1v) is 11.8. The maximum atomic E-state index is 13.9. The lowest BCUT2D eigenvalue weighted by Crippen LogP contribution is -2.36. The number of likely N-dealkylation sites (tertiary alicyclic amines) is 1. The van der Waals surface area contributed by atoms with Crippen molar-refractivity contribution in [1.29, 1.82) is 0 Å². The van der Waals surface area contributed by atoms with E-state index in [0.717, 1.165) is 17.7 Å². The molecule has 33 heavy (non-hydrogen) atoms. The third kappa shape index (κ3) is 4.18. The van der Waals surface area contributed by atoms with Gasteiger partial charge in [0.05, 0.1) is 17.8 Å². The molecule has 1 aromatic carbocycles. The molecule has 2 aromatic heterocycles. The lowest BCUT2D eigenvalue weighted by Gasteiger charge is -2.25. The predicted molar refractivity (Wildman–Crippen MR) is 128 cm³/mol. The fraction of sp³-hybridized carbons (Fsp3) is 0.417. The summed E-state index contributed by atoms with van der Waals surface area (Å²) in [6.45, 7) is 2.60. The van der Waals surface area contributed by atoms with Crippen molar-refractivity contribution in [2.45, 2.75) is 56.8 Å². The smallest absolute Gasteiger partial charge is 0.166 e. The molecule has 9 heteroatoms. The van der Waals surface area contributed by atoms with Crippen LogP contribution in [0.1, 0.15) is 44.3 Å². The summed E-state index contributed by atoms with van der Waals surface area (Å²) in [5, 5.41) is 4.82. The Morgan fingerprint density at radius 1 is 1.24 bits per heavy atom. The highest BCUT2D eigenvalue weighted by Gasteiger charge is 2.52. The van der Waals surface area contributed by atoms with Gasteiger partial charge in [-0.1, -0.05) is 23.2 Å². The zero-order chi connectivity index (χ0) is 23.3. The van der Waals surface area contributed by atoms with Crippen molar-refractivity contribution < 1.29 is 9.13 Å². The second-order valence-corrected chi connectivity index (χ2v) is 9.89. The Morgan fingerprint density at radius 2 is 2.03 bits per heavy atom. The zero-order valence-corrected chi connectivity index (χ0v) is 20.1. The fourth-order valence-electron chi connectivity index (χ4n) is 4.85. The van der Waals surface area contributed by atoms with Crippen molar-refractivity contribution in [3.8, 4) is 16.9 Å². The van der Waals surface area contributed by atoms with Gasteiger partial charge >= 0.3 is 0 Å². The van der Waals surface area contributed by atoms with E-state index in [-0.39, 0.29) is 10.8 Å². The lowest BCUT2D eigenvalue weighted by atomic mass is 10.1. The molecule has 1 saturated carbocycles. The average Bonchev–Trinajstić information content (AvgIpc) is 3.34. The zero-order valence-electron chi connectivity index (χ0n) is 18.6. The van der Waals surface area contributed by atoms with Gasteiger partial charge in [-0.3, -0.25) is 9.58 Å². The molecule has 2 fully saturated rings. The first-order chi connectivity index (χ1) is 15.8. The van der Waals surface area contributed by atoms with Crippen molar-refractivity contribution in [2.75, 3.05) is 12.8 Å². The molecule has 0 amide bonds. The van der Waals surface area contributed by atoms with E-state index in [1.54, 1.807) is 13.1 Å². The summed E-state index contributed by atoms with van der Waals surface area (Å²) in [5.41, 5.74) is 8.63. The van der Waals surface area contributed by atoms with E-state index < -0.39 is 11.9 Å². The summed E-state index contributed by atoms with van der Waals surface area (Å²) >= 11 is 12.4. The number of likely N-dealkylation sites (N-methyl/N-ethyl adjacent to an activating group) is 1. The SMILES string of the molecule is C[C@@H](Oc1cc(-c2cnn(C[C@@H]3CCC4(CC4)N3C)c2)cnc1N)c1c(Cl)ccc(F)c1Cl. The first-order valence-electron chi connectivity index (χ1n) is 11.1. The number of rotatable bonds is 6. The van der Waals surface area contributed by atoms with Crippen molar-refractivity contribution in [2.24, 2.45) is 0 Å². The first kappa shape index (κ1) is 22.4. The van der Waals surface area contributed by atoms with Crippen LogP contribution in [0.25, 0.3) is 11.1 Å². The molecule has 2 aliphatic rings. The third-order valence-corrected chi connectivity index (χ3v) is 7.82. The van der Waals surface area contributed by atoms with E-state index in [4.69, 9.17) is 33.7 Å². The van der Waals surface area contributed by atoms with Gasteiger partial charge in [-0.15, -0.1) is 0 Å². The molecule has 174 valence electrons. The number of anilines is 1. The molecule has 0 unspecified atom stereocenters. The van der Waals surface area contributed by atoms with Gasteiger partial charge in [0, 0.05) is 45.7 Å². The van der Waals surface area contributed by atoms with E-state index >= 15 is 0 Å². The quantitative estimate of drug-likeness (QED) is 0.447. The number of aromatic nitrogens is 3. The van der Waals surface area contributed by atoms with Crippen LogP contribution in [0.5, 0.6) is 5.75 Å². The van der Waals surface area contributed by atoms with E-state index in [9.17, 15) is 4.39 Å². The fourth-order valence-corrected chi connectivity index (χ4v) is 5.53. The molecule has 0 radical (unpaired) electrons. The maximum Gasteiger partial charge on any atom is 0.166 e. The Bertz CT molecular complexity index is 1200. The minimum Gasteiger partial charge on any atom is -0.482 e. The summed E-state index contributed by atoms with van der Waals surface area (Å²) < 4.78 is 21.9. The summed E-state index contributed by atoms with van der Waals surface area (Å²) in [5.74, 6) is 0.0404. The summed E-state index contributed by atoms with van der Waals surface area (Å²) in [7, 11) is 2.24. The average molecular weight is 490 g/mol. The van der Waals surface area contributed by atoms with Crippen molar-refractivity contribution in [1.82, 2.24) is 19.7 Å². The molecule has 1 spiro atoms. The van der Waals surface area contributed by atoms with Crippen LogP contribution >= 0.6 is 23.2 Å². The van der Waals surface area contributed by atoms with Crippen LogP contribution in [-0.2, 0) is 6.54 Å². The monoisotopic (exact) mass is 489 g/mol. The highest BCUT2D eigenvalue weighted by molar-refractivity contribution is 6.36. The third-order valence-electron chi connectivity index (χ3n) is 7.10. The van der Waals surface area contributed by atoms with Crippen molar-refractivity contribution >= 4 is 29.0 Å². The number of nitrogens with zero attached hydrogens (tertiary/aromatic N) is 4. The second-order valence-electron chi connectivity index (χ2n) is 9.10. The molecule has 5 rings (SSSR count). The highest BCUT2D eigenvalue weighted by atomic mass is 35.5. The number of nitrogens with two attached hydrogens (primary N) is 1. The molecule has 0 bridgehead atoms. The van der Waals surface area contributed by atoms with Crippen LogP contribution in [0.3, 0.4) is 0 Å². The van der Waals surface area contributed by atoms with Gasteiger partial charge in [0.1, 0.15) is 11.9 Å². The topological polar surface area (TPSA) is 69.2 Å². The molecule has 2 atom stereocenters. The second kappa shape index (κ2) is 8.46. The molecule has 3 heterocycles. The lowest BCUT2D eigenvalue weighted by molar-refractivity contribution is 0.203. The Kier molecular flexibility index (Phi) is 5.75. The molecular weight excluding hydrogens is 464 g/mol. The highest BCUT2D eigenvalue weighted by Crippen LogP contribution is 2.51. The van der Waals surface area contributed by atoms with Crippen LogP contribution in [0.15, 0.2) is 36.8 Å². The Balaban J connectivity index is 1.34. The van der Waals surface area contributed by atoms with Gasteiger partial charge in [-0.05, 0) is 57.9 Å². The molecule has 1 aliphatic carbocycles.